The molecule has 1 unspecified atom stereocenters. The molecule has 2 aromatic heterocycles. The van der Waals surface area contributed by atoms with Crippen LogP contribution in [0.1, 0.15) is 44.7 Å². The number of aromatic nitrogens is 4. The van der Waals surface area contributed by atoms with E-state index in [1.54, 1.807) is 26.4 Å². The van der Waals surface area contributed by atoms with Crippen LogP contribution in [0.25, 0.3) is 11.0 Å². The van der Waals surface area contributed by atoms with Crippen molar-refractivity contribution in [2.24, 2.45) is 0 Å². The first-order valence-corrected chi connectivity index (χ1v) is 12.1. The monoisotopic (exact) mass is 499 g/mol. The molecule has 0 bridgehead atoms. The van der Waals surface area contributed by atoms with Crippen molar-refractivity contribution >= 4 is 41.0 Å². The molecule has 0 spiro atoms. The second-order valence-electron chi connectivity index (χ2n) is 9.57. The van der Waals surface area contributed by atoms with Crippen molar-refractivity contribution in [1.82, 2.24) is 29.5 Å². The molecule has 4 heterocycles. The first-order valence-electron chi connectivity index (χ1n) is 12.1. The van der Waals surface area contributed by atoms with E-state index in [1.807, 2.05) is 9.58 Å². The Hall–Kier alpha value is -2.91. The summed E-state index contributed by atoms with van der Waals surface area (Å²) in [7, 11) is 1.69. The molecule has 9 nitrogen and oxygen atoms in total. The summed E-state index contributed by atoms with van der Waals surface area (Å²) in [5.74, 6) is 1.40. The lowest BCUT2D eigenvalue weighted by molar-refractivity contribution is -0.129. The zero-order chi connectivity index (χ0) is 23.8. The molecular weight excluding hydrogens is 466 g/mol. The van der Waals surface area contributed by atoms with Crippen LogP contribution in [0.15, 0.2) is 24.5 Å². The number of anilines is 2. The topological polar surface area (TPSA) is 88.4 Å². The smallest absolute Gasteiger partial charge is 0.229 e. The van der Waals surface area contributed by atoms with Gasteiger partial charge in [0, 0.05) is 38.8 Å². The summed E-state index contributed by atoms with van der Waals surface area (Å²) in [5, 5.41) is 8.79. The van der Waals surface area contributed by atoms with E-state index in [0.29, 0.717) is 18.5 Å². The Morgan fingerprint density at radius 2 is 2.06 bits per heavy atom. The lowest BCUT2D eigenvalue weighted by Crippen LogP contribution is -2.36. The van der Waals surface area contributed by atoms with Crippen LogP contribution >= 0.6 is 12.4 Å². The highest BCUT2D eigenvalue weighted by molar-refractivity contribution is 5.85. The molecule has 2 aliphatic heterocycles. The van der Waals surface area contributed by atoms with Crippen LogP contribution in [0, 0.1) is 0 Å². The van der Waals surface area contributed by atoms with Crippen molar-refractivity contribution in [3.63, 3.8) is 0 Å². The van der Waals surface area contributed by atoms with Crippen LogP contribution in [0.4, 0.5) is 11.6 Å². The van der Waals surface area contributed by atoms with E-state index in [0.717, 1.165) is 61.4 Å². The van der Waals surface area contributed by atoms with Gasteiger partial charge >= 0.3 is 0 Å². The van der Waals surface area contributed by atoms with E-state index in [2.05, 4.69) is 46.3 Å². The number of nitrogens with one attached hydrogen (secondary N) is 1. The Morgan fingerprint density at radius 1 is 1.23 bits per heavy atom. The fourth-order valence-electron chi connectivity index (χ4n) is 5.14. The molecule has 1 N–H and O–H groups in total. The van der Waals surface area contributed by atoms with E-state index in [-0.39, 0.29) is 24.4 Å². The van der Waals surface area contributed by atoms with Gasteiger partial charge in [0.25, 0.3) is 0 Å². The largest absolute Gasteiger partial charge is 0.495 e. The standard InChI is InChI=1S/C25H33N7O2.ClH/c1-16(2)30-9-7-18-11-23(34-4)22(10-19(18)14-30)28-25-26-12-20-13-27-32(24(20)29-25)15-21-6-5-8-31(21)17(3)33;/h10-13,16,21H,5-9,14-15H2,1-4H3,(H,26,28,29);1H. The molecule has 0 radical (unpaired) electrons. The minimum Gasteiger partial charge on any atom is -0.495 e. The third kappa shape index (κ3) is 5.06. The molecule has 2 aliphatic rings. The van der Waals surface area contributed by atoms with E-state index in [9.17, 15) is 4.79 Å². The first-order chi connectivity index (χ1) is 16.4. The zero-order valence-electron chi connectivity index (χ0n) is 20.8. The number of nitrogens with zero attached hydrogens (tertiary/aromatic N) is 6. The molecule has 0 saturated carbocycles. The van der Waals surface area contributed by atoms with Crippen molar-refractivity contribution in [1.29, 1.82) is 0 Å². The number of carbonyl (C=O) groups excluding carboxylic acids is 1. The summed E-state index contributed by atoms with van der Waals surface area (Å²) in [4.78, 5) is 25.7. The van der Waals surface area contributed by atoms with Gasteiger partial charge in [0.2, 0.25) is 11.9 Å². The van der Waals surface area contributed by atoms with Crippen molar-refractivity contribution in [3.8, 4) is 5.75 Å². The van der Waals surface area contributed by atoms with E-state index >= 15 is 0 Å². The molecule has 35 heavy (non-hydrogen) atoms. The molecular formula is C25H34ClN7O2. The lowest BCUT2D eigenvalue weighted by Gasteiger charge is -2.32. The number of hydrogen-bond donors (Lipinski definition) is 1. The maximum Gasteiger partial charge on any atom is 0.229 e. The number of rotatable bonds is 6. The number of likely N-dealkylation sites (tertiary alicyclic amines) is 1. The van der Waals surface area contributed by atoms with Gasteiger partial charge in [-0.2, -0.15) is 10.1 Å². The number of ether oxygens (including phenoxy) is 1. The number of benzene rings is 1. The molecule has 0 aliphatic carbocycles. The average Bonchev–Trinajstić information content (AvgIpc) is 3.45. The number of hydrogen-bond acceptors (Lipinski definition) is 7. The summed E-state index contributed by atoms with van der Waals surface area (Å²) >= 11 is 0. The Morgan fingerprint density at radius 3 is 2.80 bits per heavy atom. The van der Waals surface area contributed by atoms with Gasteiger partial charge in [0.05, 0.1) is 37.0 Å². The van der Waals surface area contributed by atoms with Gasteiger partial charge in [-0.05, 0) is 56.4 Å². The van der Waals surface area contributed by atoms with Crippen molar-refractivity contribution in [2.45, 2.75) is 65.2 Å². The highest BCUT2D eigenvalue weighted by Crippen LogP contribution is 2.33. The van der Waals surface area contributed by atoms with Gasteiger partial charge in [-0.1, -0.05) is 0 Å². The molecule has 3 aromatic rings. The molecule has 188 valence electrons. The van der Waals surface area contributed by atoms with E-state index < -0.39 is 0 Å². The van der Waals surface area contributed by atoms with Gasteiger partial charge in [0.15, 0.2) is 5.65 Å². The Kier molecular flexibility index (Phi) is 7.47. The van der Waals surface area contributed by atoms with Crippen LogP contribution in [-0.2, 0) is 24.3 Å². The van der Waals surface area contributed by atoms with Gasteiger partial charge in [-0.25, -0.2) is 9.67 Å². The van der Waals surface area contributed by atoms with Crippen molar-refractivity contribution < 1.29 is 9.53 Å². The Labute approximate surface area is 212 Å². The number of amides is 1. The van der Waals surface area contributed by atoms with E-state index in [4.69, 9.17) is 9.72 Å². The molecule has 1 saturated heterocycles. The van der Waals surface area contributed by atoms with Crippen molar-refractivity contribution in [3.05, 3.63) is 35.7 Å². The molecule has 5 rings (SSSR count). The van der Waals surface area contributed by atoms with Gasteiger partial charge in [-0.3, -0.25) is 9.69 Å². The highest BCUT2D eigenvalue weighted by atomic mass is 35.5. The molecule has 1 aromatic carbocycles. The summed E-state index contributed by atoms with van der Waals surface area (Å²) in [6, 6.07) is 4.96. The minimum atomic E-state index is 0. The number of halogens is 1. The third-order valence-corrected chi connectivity index (χ3v) is 7.08. The van der Waals surface area contributed by atoms with Crippen LogP contribution in [-0.4, -0.2) is 67.7 Å². The SMILES string of the molecule is COc1cc2c(cc1Nc1ncc3cnn(CC4CCCN4C(C)=O)c3n1)CN(C(C)C)CC2.Cl. The normalized spacial score (nSPS) is 18.0. The predicted octanol–water partition coefficient (Wildman–Crippen LogP) is 3.78. The van der Waals surface area contributed by atoms with Crippen LogP contribution in [0.3, 0.4) is 0 Å². The summed E-state index contributed by atoms with van der Waals surface area (Å²) in [6.07, 6.45) is 6.60. The zero-order valence-corrected chi connectivity index (χ0v) is 21.6. The van der Waals surface area contributed by atoms with E-state index in [1.165, 1.54) is 11.1 Å². The number of fused-ring (bicyclic) bond motifs is 2. The van der Waals surface area contributed by atoms with Gasteiger partial charge in [0.1, 0.15) is 5.75 Å². The molecule has 1 atom stereocenters. The second-order valence-corrected chi connectivity index (χ2v) is 9.57. The Bertz CT molecular complexity index is 1210. The fraction of sp³-hybridized carbons (Fsp3) is 0.520. The summed E-state index contributed by atoms with van der Waals surface area (Å²) < 4.78 is 7.58. The predicted molar refractivity (Wildman–Crippen MR) is 139 cm³/mol. The Balaban J connectivity index is 0.00000289. The number of carbonyl (C=O) groups is 1. The summed E-state index contributed by atoms with van der Waals surface area (Å²) in [6.45, 7) is 9.54. The first kappa shape index (κ1) is 25.2. The maximum atomic E-state index is 12.0. The molecule has 1 amide bonds. The van der Waals surface area contributed by atoms with Crippen LogP contribution in [0.2, 0.25) is 0 Å². The van der Waals surface area contributed by atoms with Crippen LogP contribution in [0.5, 0.6) is 5.75 Å². The quantitative estimate of drug-likeness (QED) is 0.552. The van der Waals surface area contributed by atoms with Gasteiger partial charge in [-0.15, -0.1) is 12.4 Å². The molecule has 10 heteroatoms. The average molecular weight is 500 g/mol. The fourth-order valence-corrected chi connectivity index (χ4v) is 5.14. The lowest BCUT2D eigenvalue weighted by atomic mass is 9.97. The third-order valence-electron chi connectivity index (χ3n) is 7.08. The maximum absolute atomic E-state index is 12.0. The highest BCUT2D eigenvalue weighted by Gasteiger charge is 2.27. The van der Waals surface area contributed by atoms with Crippen LogP contribution < -0.4 is 10.1 Å². The van der Waals surface area contributed by atoms with Crippen molar-refractivity contribution in [2.75, 3.05) is 25.5 Å². The summed E-state index contributed by atoms with van der Waals surface area (Å²) in [5.41, 5.74) is 4.26. The van der Waals surface area contributed by atoms with Gasteiger partial charge < -0.3 is 15.0 Å². The minimum absolute atomic E-state index is 0. The second kappa shape index (κ2) is 10.4. The number of methoxy groups -OCH3 is 1. The molecule has 1 fully saturated rings.